The molecule has 2 heteroatoms. The molecule has 0 saturated heterocycles. The van der Waals surface area contributed by atoms with Crippen LogP contribution in [0.2, 0.25) is 0 Å². The molecular weight excluding hydrogens is 232 g/mol. The Bertz CT molecular complexity index is 359. The molecule has 1 N–H and O–H groups in total. The first-order chi connectivity index (χ1) is 7.78. The first-order valence-corrected chi connectivity index (χ1v) is 6.62. The van der Waals surface area contributed by atoms with Crippen molar-refractivity contribution in [3.63, 3.8) is 0 Å². The van der Waals surface area contributed by atoms with E-state index >= 15 is 0 Å². The van der Waals surface area contributed by atoms with Crippen molar-refractivity contribution in [1.29, 1.82) is 0 Å². The van der Waals surface area contributed by atoms with Crippen LogP contribution in [0, 0.1) is 5.41 Å². The predicted molar refractivity (Wildman–Crippen MR) is 75.1 cm³/mol. The van der Waals surface area contributed by atoms with Gasteiger partial charge in [0.15, 0.2) is 0 Å². The summed E-state index contributed by atoms with van der Waals surface area (Å²) in [5.74, 6) is 0. The standard InChI is InChI=1S/C15H23ClO/c1-12-6-5-8-14(2,3)13(12)7-9-15(4,17)10-11-16/h7,9-11,17H,5-6,8H2,1-4H3/b9-7+,11-10+. The van der Waals surface area contributed by atoms with Crippen molar-refractivity contribution in [3.8, 4) is 0 Å². The maximum Gasteiger partial charge on any atom is 0.0995 e. The summed E-state index contributed by atoms with van der Waals surface area (Å²) in [5.41, 5.74) is 3.38. The molecule has 1 aliphatic rings. The zero-order valence-corrected chi connectivity index (χ0v) is 12.0. The van der Waals surface area contributed by atoms with Gasteiger partial charge in [-0.1, -0.05) is 37.1 Å². The lowest BCUT2D eigenvalue weighted by Gasteiger charge is -2.33. The summed E-state index contributed by atoms with van der Waals surface area (Å²) in [5, 5.41) is 10.0. The van der Waals surface area contributed by atoms with E-state index in [1.807, 2.05) is 6.08 Å². The average Bonchev–Trinajstić information content (AvgIpc) is 2.15. The molecule has 1 atom stereocenters. The van der Waals surface area contributed by atoms with Gasteiger partial charge in [0.2, 0.25) is 0 Å². The largest absolute Gasteiger partial charge is 0.382 e. The molecule has 0 aromatic rings. The predicted octanol–water partition coefficient (Wildman–Crippen LogP) is 4.57. The molecule has 0 aliphatic heterocycles. The third-order valence-electron chi connectivity index (χ3n) is 3.53. The molecule has 0 heterocycles. The van der Waals surface area contributed by atoms with Crippen LogP contribution in [0.1, 0.15) is 47.0 Å². The summed E-state index contributed by atoms with van der Waals surface area (Å²) >= 11 is 5.51. The van der Waals surface area contributed by atoms with E-state index in [0.29, 0.717) is 0 Å². The van der Waals surface area contributed by atoms with Crippen LogP contribution >= 0.6 is 11.6 Å². The SMILES string of the molecule is CC1=C(/C=C/C(C)(O)/C=C/Cl)C(C)(C)CCC1. The van der Waals surface area contributed by atoms with Gasteiger partial charge < -0.3 is 5.11 Å². The van der Waals surface area contributed by atoms with Gasteiger partial charge in [0.25, 0.3) is 0 Å². The van der Waals surface area contributed by atoms with Crippen molar-refractivity contribution in [2.24, 2.45) is 5.41 Å². The summed E-state index contributed by atoms with van der Waals surface area (Å²) in [7, 11) is 0. The van der Waals surface area contributed by atoms with Crippen LogP contribution in [0.5, 0.6) is 0 Å². The molecule has 0 saturated carbocycles. The van der Waals surface area contributed by atoms with E-state index in [0.717, 1.165) is 6.42 Å². The van der Waals surface area contributed by atoms with Gasteiger partial charge in [-0.2, -0.15) is 0 Å². The molecule has 1 nitrogen and oxygen atoms in total. The summed E-state index contributed by atoms with van der Waals surface area (Å²) in [4.78, 5) is 0. The van der Waals surface area contributed by atoms with Crippen molar-refractivity contribution < 1.29 is 5.11 Å². The molecule has 0 bridgehead atoms. The lowest BCUT2D eigenvalue weighted by Crippen LogP contribution is -2.21. The van der Waals surface area contributed by atoms with Crippen LogP contribution in [0.3, 0.4) is 0 Å². The van der Waals surface area contributed by atoms with Gasteiger partial charge in [0.1, 0.15) is 0 Å². The molecular formula is C15H23ClO. The van der Waals surface area contributed by atoms with Gasteiger partial charge in [-0.15, -0.1) is 0 Å². The Hall–Kier alpha value is -0.530. The average molecular weight is 255 g/mol. The third-order valence-corrected chi connectivity index (χ3v) is 3.66. The molecule has 1 unspecified atom stereocenters. The van der Waals surface area contributed by atoms with Crippen LogP contribution in [0.4, 0.5) is 0 Å². The fourth-order valence-electron chi connectivity index (χ4n) is 2.45. The van der Waals surface area contributed by atoms with E-state index in [2.05, 4.69) is 26.8 Å². The topological polar surface area (TPSA) is 20.2 Å². The van der Waals surface area contributed by atoms with E-state index < -0.39 is 5.60 Å². The van der Waals surface area contributed by atoms with Gasteiger partial charge in [-0.3, -0.25) is 0 Å². The molecule has 0 amide bonds. The minimum atomic E-state index is -0.970. The number of halogens is 1. The maximum atomic E-state index is 10.0. The molecule has 96 valence electrons. The fourth-order valence-corrected chi connectivity index (χ4v) is 2.70. The van der Waals surface area contributed by atoms with Gasteiger partial charge in [-0.25, -0.2) is 0 Å². The van der Waals surface area contributed by atoms with Crippen LogP contribution in [0.25, 0.3) is 0 Å². The number of hydrogen-bond donors (Lipinski definition) is 1. The summed E-state index contributed by atoms with van der Waals surface area (Å²) in [6, 6.07) is 0. The Kier molecular flexibility index (Phi) is 4.62. The molecule has 0 fully saturated rings. The quantitative estimate of drug-likeness (QED) is 0.782. The Morgan fingerprint density at radius 1 is 1.35 bits per heavy atom. The number of allylic oxidation sites excluding steroid dienone is 3. The second kappa shape index (κ2) is 5.41. The van der Waals surface area contributed by atoms with E-state index in [4.69, 9.17) is 11.6 Å². The Balaban J connectivity index is 2.96. The van der Waals surface area contributed by atoms with E-state index in [9.17, 15) is 5.11 Å². The molecule has 0 aromatic heterocycles. The van der Waals surface area contributed by atoms with Crippen molar-refractivity contribution in [2.45, 2.75) is 52.6 Å². The highest BCUT2D eigenvalue weighted by molar-refractivity contribution is 6.25. The molecule has 1 rings (SSSR count). The highest BCUT2D eigenvalue weighted by atomic mass is 35.5. The normalized spacial score (nSPS) is 24.6. The molecule has 17 heavy (non-hydrogen) atoms. The van der Waals surface area contributed by atoms with E-state index in [1.54, 1.807) is 13.0 Å². The second-order valence-electron chi connectivity index (χ2n) is 5.78. The monoisotopic (exact) mass is 254 g/mol. The maximum absolute atomic E-state index is 10.0. The Labute approximate surface area is 110 Å². The van der Waals surface area contributed by atoms with E-state index in [-0.39, 0.29) is 5.41 Å². The van der Waals surface area contributed by atoms with Crippen molar-refractivity contribution in [3.05, 3.63) is 34.9 Å². The van der Waals surface area contributed by atoms with E-state index in [1.165, 1.54) is 29.5 Å². The fraction of sp³-hybridized carbons (Fsp3) is 0.600. The minimum Gasteiger partial charge on any atom is -0.382 e. The first kappa shape index (κ1) is 14.5. The summed E-state index contributed by atoms with van der Waals surface area (Å²) in [6.45, 7) is 8.45. The third kappa shape index (κ3) is 4.01. The lowest BCUT2D eigenvalue weighted by atomic mass is 9.72. The highest BCUT2D eigenvalue weighted by Gasteiger charge is 2.27. The van der Waals surface area contributed by atoms with Crippen molar-refractivity contribution in [2.75, 3.05) is 0 Å². The number of aliphatic hydroxyl groups is 1. The van der Waals surface area contributed by atoms with Crippen LogP contribution < -0.4 is 0 Å². The Morgan fingerprint density at radius 2 is 2.00 bits per heavy atom. The second-order valence-corrected chi connectivity index (χ2v) is 6.04. The molecule has 0 aromatic carbocycles. The number of rotatable bonds is 3. The smallest absolute Gasteiger partial charge is 0.0995 e. The van der Waals surface area contributed by atoms with Crippen LogP contribution in [-0.2, 0) is 0 Å². The first-order valence-electron chi connectivity index (χ1n) is 6.18. The minimum absolute atomic E-state index is 0.208. The van der Waals surface area contributed by atoms with Crippen LogP contribution in [-0.4, -0.2) is 10.7 Å². The van der Waals surface area contributed by atoms with Gasteiger partial charge in [-0.05, 0) is 56.3 Å². The van der Waals surface area contributed by atoms with Crippen LogP contribution in [0.15, 0.2) is 34.9 Å². The summed E-state index contributed by atoms with van der Waals surface area (Å²) in [6.07, 6.45) is 9.09. The van der Waals surface area contributed by atoms with Crippen molar-refractivity contribution >= 4 is 11.6 Å². The molecule has 1 aliphatic carbocycles. The van der Waals surface area contributed by atoms with Gasteiger partial charge in [0, 0.05) is 5.54 Å². The zero-order valence-electron chi connectivity index (χ0n) is 11.3. The van der Waals surface area contributed by atoms with Crippen molar-refractivity contribution in [1.82, 2.24) is 0 Å². The zero-order chi connectivity index (χ0) is 13.1. The van der Waals surface area contributed by atoms with Gasteiger partial charge >= 0.3 is 0 Å². The summed E-state index contributed by atoms with van der Waals surface area (Å²) < 4.78 is 0. The highest BCUT2D eigenvalue weighted by Crippen LogP contribution is 2.40. The lowest BCUT2D eigenvalue weighted by molar-refractivity contribution is 0.164. The molecule has 0 radical (unpaired) electrons. The van der Waals surface area contributed by atoms with Gasteiger partial charge in [0.05, 0.1) is 5.60 Å². The number of hydrogen-bond acceptors (Lipinski definition) is 1. The Morgan fingerprint density at radius 3 is 2.53 bits per heavy atom. The molecule has 0 spiro atoms.